The van der Waals surface area contributed by atoms with Gasteiger partial charge in [0.1, 0.15) is 11.6 Å². The van der Waals surface area contributed by atoms with Crippen molar-refractivity contribution in [2.75, 3.05) is 19.0 Å². The highest BCUT2D eigenvalue weighted by molar-refractivity contribution is 5.67. The number of anilines is 2. The molecule has 0 aromatic heterocycles. The lowest BCUT2D eigenvalue weighted by molar-refractivity contribution is 0.601. The molecule has 112 valence electrons. The van der Waals surface area contributed by atoms with Gasteiger partial charge in [0.2, 0.25) is 0 Å². The van der Waals surface area contributed by atoms with Gasteiger partial charge in [-0.15, -0.1) is 0 Å². The lowest BCUT2D eigenvalue weighted by atomic mass is 10.0. The smallest absolute Gasteiger partial charge is 0.126 e. The van der Waals surface area contributed by atoms with E-state index in [0.717, 1.165) is 16.9 Å². The molecule has 2 aromatic rings. The third-order valence-corrected chi connectivity index (χ3v) is 3.76. The molecule has 0 aliphatic rings. The van der Waals surface area contributed by atoms with Crippen LogP contribution in [-0.4, -0.2) is 14.1 Å². The highest BCUT2D eigenvalue weighted by Gasteiger charge is 2.16. The zero-order valence-corrected chi connectivity index (χ0v) is 12.7. The van der Waals surface area contributed by atoms with Crippen LogP contribution in [0, 0.1) is 18.6 Å². The van der Waals surface area contributed by atoms with Gasteiger partial charge >= 0.3 is 0 Å². The van der Waals surface area contributed by atoms with Crippen LogP contribution >= 0.6 is 0 Å². The van der Waals surface area contributed by atoms with Crippen molar-refractivity contribution in [2.24, 2.45) is 0 Å². The van der Waals surface area contributed by atoms with Gasteiger partial charge in [-0.05, 0) is 62.4 Å². The number of hydrogen-bond donors (Lipinski definition) is 1. The maximum Gasteiger partial charge on any atom is 0.126 e. The third-order valence-electron chi connectivity index (χ3n) is 3.76. The first-order chi connectivity index (χ1) is 9.93. The molecule has 0 radical (unpaired) electrons. The van der Waals surface area contributed by atoms with E-state index in [0.29, 0.717) is 5.56 Å². The second kappa shape index (κ2) is 6.22. The minimum absolute atomic E-state index is 0.00823. The van der Waals surface area contributed by atoms with Crippen molar-refractivity contribution < 1.29 is 8.78 Å². The molecule has 0 aliphatic carbocycles. The number of halogens is 2. The van der Waals surface area contributed by atoms with Gasteiger partial charge in [-0.1, -0.05) is 6.07 Å². The summed E-state index contributed by atoms with van der Waals surface area (Å²) in [5.41, 5.74) is 3.00. The highest BCUT2D eigenvalue weighted by atomic mass is 19.1. The van der Waals surface area contributed by atoms with Gasteiger partial charge in [0.25, 0.3) is 0 Å². The number of nitrogens with zero attached hydrogens (tertiary/aromatic N) is 1. The maximum absolute atomic E-state index is 13.9. The zero-order chi connectivity index (χ0) is 15.6. The van der Waals surface area contributed by atoms with Crippen LogP contribution < -0.4 is 10.2 Å². The topological polar surface area (TPSA) is 15.3 Å². The van der Waals surface area contributed by atoms with E-state index in [-0.39, 0.29) is 17.7 Å². The third kappa shape index (κ3) is 3.22. The van der Waals surface area contributed by atoms with Crippen molar-refractivity contribution >= 4 is 11.4 Å². The monoisotopic (exact) mass is 290 g/mol. The van der Waals surface area contributed by atoms with E-state index in [4.69, 9.17) is 0 Å². The fraction of sp³-hybridized carbons (Fsp3) is 0.294. The lowest BCUT2D eigenvalue weighted by Crippen LogP contribution is -2.19. The highest BCUT2D eigenvalue weighted by Crippen LogP contribution is 2.33. The fourth-order valence-corrected chi connectivity index (χ4v) is 2.30. The number of nitrogens with one attached hydrogen (secondary N) is 1. The summed E-state index contributed by atoms with van der Waals surface area (Å²) in [4.78, 5) is 1.87. The summed E-state index contributed by atoms with van der Waals surface area (Å²) in [6, 6.07) is 9.70. The van der Waals surface area contributed by atoms with Gasteiger partial charge in [-0.25, -0.2) is 8.78 Å². The molecule has 0 bridgehead atoms. The molecular formula is C17H20F2N2. The Bertz CT molecular complexity index is 641. The molecule has 0 saturated heterocycles. The number of benzene rings is 2. The predicted octanol–water partition coefficient (Wildman–Crippen LogP) is 4.32. The first-order valence-corrected chi connectivity index (χ1v) is 6.90. The van der Waals surface area contributed by atoms with Crippen molar-refractivity contribution in [1.29, 1.82) is 0 Å². The van der Waals surface area contributed by atoms with E-state index in [2.05, 4.69) is 5.32 Å². The minimum atomic E-state index is -0.290. The average molecular weight is 290 g/mol. The van der Waals surface area contributed by atoms with Gasteiger partial charge in [-0.2, -0.15) is 0 Å². The van der Waals surface area contributed by atoms with Crippen molar-refractivity contribution in [2.45, 2.75) is 19.9 Å². The van der Waals surface area contributed by atoms with Crippen LogP contribution in [0.25, 0.3) is 0 Å². The van der Waals surface area contributed by atoms with Crippen molar-refractivity contribution in [3.63, 3.8) is 0 Å². The SMILES string of the molecule is CNC(C)c1cc(F)c(C)cc1N(C)c1cccc(F)c1. The average Bonchev–Trinajstić information content (AvgIpc) is 2.48. The Morgan fingerprint density at radius 3 is 2.48 bits per heavy atom. The second-order valence-corrected chi connectivity index (χ2v) is 5.21. The van der Waals surface area contributed by atoms with Crippen molar-refractivity contribution in [3.8, 4) is 0 Å². The second-order valence-electron chi connectivity index (χ2n) is 5.21. The molecular weight excluding hydrogens is 270 g/mol. The van der Waals surface area contributed by atoms with Crippen molar-refractivity contribution in [3.05, 3.63) is 59.2 Å². The largest absolute Gasteiger partial charge is 0.344 e. The van der Waals surface area contributed by atoms with Crippen LogP contribution in [0.2, 0.25) is 0 Å². The van der Waals surface area contributed by atoms with E-state index in [1.54, 1.807) is 25.1 Å². The van der Waals surface area contributed by atoms with E-state index in [1.165, 1.54) is 12.1 Å². The number of rotatable bonds is 4. The van der Waals surface area contributed by atoms with E-state index >= 15 is 0 Å². The molecule has 21 heavy (non-hydrogen) atoms. The van der Waals surface area contributed by atoms with E-state index < -0.39 is 0 Å². The molecule has 4 heteroatoms. The van der Waals surface area contributed by atoms with Crippen LogP contribution in [0.1, 0.15) is 24.1 Å². The standard InChI is InChI=1S/C17H20F2N2/c1-11-8-17(15(10-16(11)19)12(2)20-3)21(4)14-7-5-6-13(18)9-14/h5-10,12,20H,1-4H3. The lowest BCUT2D eigenvalue weighted by Gasteiger charge is -2.26. The first-order valence-electron chi connectivity index (χ1n) is 6.90. The van der Waals surface area contributed by atoms with Crippen LogP contribution in [0.15, 0.2) is 36.4 Å². The van der Waals surface area contributed by atoms with Crippen LogP contribution in [-0.2, 0) is 0 Å². The Hall–Kier alpha value is -1.94. The maximum atomic E-state index is 13.9. The van der Waals surface area contributed by atoms with Gasteiger partial charge in [0, 0.05) is 24.5 Å². The van der Waals surface area contributed by atoms with Gasteiger partial charge in [-0.3, -0.25) is 0 Å². The first kappa shape index (κ1) is 15.4. The van der Waals surface area contributed by atoms with Gasteiger partial charge in [0.15, 0.2) is 0 Å². The van der Waals surface area contributed by atoms with E-state index in [1.807, 2.05) is 32.0 Å². The molecule has 0 spiro atoms. The molecule has 0 aliphatic heterocycles. The summed E-state index contributed by atoms with van der Waals surface area (Å²) in [6.07, 6.45) is 0. The van der Waals surface area contributed by atoms with Crippen LogP contribution in [0.3, 0.4) is 0 Å². The normalized spacial score (nSPS) is 12.3. The number of hydrogen-bond acceptors (Lipinski definition) is 2. The Morgan fingerprint density at radius 2 is 1.86 bits per heavy atom. The van der Waals surface area contributed by atoms with Gasteiger partial charge < -0.3 is 10.2 Å². The summed E-state index contributed by atoms with van der Waals surface area (Å²) in [7, 11) is 3.68. The summed E-state index contributed by atoms with van der Waals surface area (Å²) in [5.74, 6) is -0.523. The molecule has 1 atom stereocenters. The summed E-state index contributed by atoms with van der Waals surface area (Å²) < 4.78 is 27.3. The predicted molar refractivity (Wildman–Crippen MR) is 83.1 cm³/mol. The van der Waals surface area contributed by atoms with E-state index in [9.17, 15) is 8.78 Å². The molecule has 2 aromatic carbocycles. The van der Waals surface area contributed by atoms with Crippen molar-refractivity contribution in [1.82, 2.24) is 5.32 Å². The summed E-state index contributed by atoms with van der Waals surface area (Å²) in [6.45, 7) is 3.69. The Morgan fingerprint density at radius 1 is 1.14 bits per heavy atom. The molecule has 1 N–H and O–H groups in total. The van der Waals surface area contributed by atoms with Crippen LogP contribution in [0.5, 0.6) is 0 Å². The molecule has 0 amide bonds. The fourth-order valence-electron chi connectivity index (χ4n) is 2.30. The Labute approximate surface area is 124 Å². The molecule has 0 heterocycles. The molecule has 0 saturated carbocycles. The van der Waals surface area contributed by atoms with Crippen LogP contribution in [0.4, 0.5) is 20.2 Å². The Kier molecular flexibility index (Phi) is 4.58. The molecule has 2 rings (SSSR count). The molecule has 2 nitrogen and oxygen atoms in total. The Balaban J connectivity index is 2.53. The van der Waals surface area contributed by atoms with Gasteiger partial charge in [0.05, 0.1) is 0 Å². The molecule has 1 unspecified atom stereocenters. The minimum Gasteiger partial charge on any atom is -0.344 e. The number of aryl methyl sites for hydroxylation is 1. The zero-order valence-electron chi connectivity index (χ0n) is 12.7. The summed E-state index contributed by atoms with van der Waals surface area (Å²) >= 11 is 0. The summed E-state index contributed by atoms with van der Waals surface area (Å²) in [5, 5.41) is 3.12. The molecule has 0 fully saturated rings. The quantitative estimate of drug-likeness (QED) is 0.902.